The van der Waals surface area contributed by atoms with Gasteiger partial charge < -0.3 is 9.84 Å². The highest BCUT2D eigenvalue weighted by atomic mass is 35.5. The van der Waals surface area contributed by atoms with E-state index in [0.29, 0.717) is 0 Å². The minimum absolute atomic E-state index is 0.202. The number of nitrogens with zero attached hydrogens (tertiary/aromatic N) is 1. The Labute approximate surface area is 114 Å². The molecule has 1 aromatic rings. The Morgan fingerprint density at radius 3 is 2.45 bits per heavy atom. The van der Waals surface area contributed by atoms with E-state index in [2.05, 4.69) is 9.72 Å². The van der Waals surface area contributed by atoms with Crippen LogP contribution in [0.5, 0.6) is 5.88 Å². The second kappa shape index (κ2) is 6.21. The number of hydrogen-bond donors (Lipinski definition) is 1. The third-order valence-electron chi connectivity index (χ3n) is 2.07. The third-order valence-corrected chi connectivity index (χ3v) is 2.35. The third kappa shape index (κ3) is 4.48. The van der Waals surface area contributed by atoms with E-state index in [1.807, 2.05) is 0 Å². The van der Waals surface area contributed by atoms with Crippen molar-refractivity contribution >= 4 is 17.6 Å². The molecule has 0 aliphatic rings. The molecule has 112 valence electrons. The van der Waals surface area contributed by atoms with Crippen LogP contribution in [0, 0.1) is 0 Å². The van der Waals surface area contributed by atoms with E-state index in [1.54, 1.807) is 0 Å². The van der Waals surface area contributed by atoms with Gasteiger partial charge in [0.15, 0.2) is 0 Å². The Morgan fingerprint density at radius 2 is 2.05 bits per heavy atom. The van der Waals surface area contributed by atoms with Gasteiger partial charge in [-0.2, -0.15) is 0 Å². The lowest BCUT2D eigenvalue weighted by Gasteiger charge is -2.15. The molecule has 0 aromatic carbocycles. The van der Waals surface area contributed by atoms with Crippen LogP contribution in [0.4, 0.5) is 22.0 Å². The van der Waals surface area contributed by atoms with E-state index in [1.165, 1.54) is 0 Å². The maximum absolute atomic E-state index is 12.8. The van der Waals surface area contributed by atoms with E-state index in [-0.39, 0.29) is 11.6 Å². The van der Waals surface area contributed by atoms with Crippen LogP contribution in [-0.2, 0) is 17.1 Å². The summed E-state index contributed by atoms with van der Waals surface area (Å²) in [4.78, 5) is 13.8. The second-order valence-electron chi connectivity index (χ2n) is 3.54. The molecule has 1 heterocycles. The molecule has 0 spiro atoms. The van der Waals surface area contributed by atoms with Crippen LogP contribution in [0.2, 0.25) is 0 Å². The van der Waals surface area contributed by atoms with Crippen LogP contribution in [0.25, 0.3) is 0 Å². The van der Waals surface area contributed by atoms with Crippen molar-refractivity contribution in [3.05, 3.63) is 22.9 Å². The summed E-state index contributed by atoms with van der Waals surface area (Å²) in [6.45, 7) is 0. The van der Waals surface area contributed by atoms with Crippen molar-refractivity contribution in [2.75, 3.05) is 0 Å². The quantitative estimate of drug-likeness (QED) is 0.668. The Hall–Kier alpha value is -1.64. The summed E-state index contributed by atoms with van der Waals surface area (Å²) in [5, 5.41) is 8.60. The van der Waals surface area contributed by atoms with E-state index < -0.39 is 42.2 Å². The van der Waals surface area contributed by atoms with E-state index in [9.17, 15) is 26.7 Å². The lowest BCUT2D eigenvalue weighted by molar-refractivity contribution is -0.276. The van der Waals surface area contributed by atoms with Gasteiger partial charge in [0.25, 0.3) is 6.43 Å². The molecule has 0 atom stereocenters. The molecule has 10 heteroatoms. The lowest BCUT2D eigenvalue weighted by atomic mass is 10.1. The second-order valence-corrected chi connectivity index (χ2v) is 3.81. The summed E-state index contributed by atoms with van der Waals surface area (Å²) < 4.78 is 65.6. The van der Waals surface area contributed by atoms with Crippen LogP contribution >= 0.6 is 11.6 Å². The summed E-state index contributed by atoms with van der Waals surface area (Å²) >= 11 is 5.38. The fourth-order valence-corrected chi connectivity index (χ4v) is 1.57. The van der Waals surface area contributed by atoms with E-state index in [0.717, 1.165) is 6.07 Å². The fraction of sp³-hybridized carbons (Fsp3) is 0.400. The molecule has 1 aromatic heterocycles. The zero-order valence-corrected chi connectivity index (χ0v) is 10.3. The van der Waals surface area contributed by atoms with Crippen molar-refractivity contribution in [1.29, 1.82) is 0 Å². The topological polar surface area (TPSA) is 59.4 Å². The summed E-state index contributed by atoms with van der Waals surface area (Å²) in [6.07, 6.45) is -9.51. The lowest BCUT2D eigenvalue weighted by Crippen LogP contribution is -2.20. The van der Waals surface area contributed by atoms with Gasteiger partial charge in [-0.1, -0.05) is 0 Å². The van der Waals surface area contributed by atoms with Crippen molar-refractivity contribution in [2.24, 2.45) is 0 Å². The smallest absolute Gasteiger partial charge is 0.481 e. The minimum Gasteiger partial charge on any atom is -0.481 e. The Bertz CT molecular complexity index is 506. The fourth-order valence-electron chi connectivity index (χ4n) is 1.44. The molecular formula is C10H7ClF5NO3. The molecule has 4 nitrogen and oxygen atoms in total. The highest BCUT2D eigenvalue weighted by molar-refractivity contribution is 6.16. The Balaban J connectivity index is 3.41. The zero-order chi connectivity index (χ0) is 15.5. The zero-order valence-electron chi connectivity index (χ0n) is 9.55. The molecular weight excluding hydrogens is 313 g/mol. The number of rotatable bonds is 5. The number of halogens is 6. The molecule has 0 bridgehead atoms. The van der Waals surface area contributed by atoms with Crippen LogP contribution in [0.15, 0.2) is 6.07 Å². The molecule has 20 heavy (non-hydrogen) atoms. The van der Waals surface area contributed by atoms with Gasteiger partial charge in [-0.3, -0.25) is 4.79 Å². The minimum atomic E-state index is -5.23. The monoisotopic (exact) mass is 319 g/mol. The first-order chi connectivity index (χ1) is 9.14. The SMILES string of the molecule is O=C(O)Cc1cc(CCl)nc(OC(F)(F)F)c1C(F)F. The van der Waals surface area contributed by atoms with Gasteiger partial charge >= 0.3 is 12.3 Å². The normalized spacial score (nSPS) is 11.8. The van der Waals surface area contributed by atoms with Crippen molar-refractivity contribution < 1.29 is 36.6 Å². The first kappa shape index (κ1) is 16.4. The molecule has 1 N–H and O–H groups in total. The molecule has 0 fully saturated rings. The molecule has 0 aliphatic carbocycles. The van der Waals surface area contributed by atoms with Gasteiger partial charge in [0.05, 0.1) is 23.6 Å². The van der Waals surface area contributed by atoms with Gasteiger partial charge in [0, 0.05) is 0 Å². The van der Waals surface area contributed by atoms with Gasteiger partial charge in [-0.05, 0) is 11.6 Å². The summed E-state index contributed by atoms with van der Waals surface area (Å²) in [5.74, 6) is -3.26. The number of aliphatic carboxylic acids is 1. The molecule has 0 aliphatic heterocycles. The Morgan fingerprint density at radius 1 is 1.45 bits per heavy atom. The molecule has 0 amide bonds. The van der Waals surface area contributed by atoms with Crippen LogP contribution in [0.1, 0.15) is 23.2 Å². The standard InChI is InChI=1S/C10H7ClF5NO3/c11-3-5-1-4(2-6(18)19)7(8(12)13)9(17-5)20-10(14,15)16/h1,8H,2-3H2,(H,18,19). The van der Waals surface area contributed by atoms with Gasteiger partial charge in [0.2, 0.25) is 5.88 Å². The van der Waals surface area contributed by atoms with Gasteiger partial charge in [-0.25, -0.2) is 13.8 Å². The largest absolute Gasteiger partial charge is 0.574 e. The number of carboxylic acid groups (broad SMARTS) is 1. The highest BCUT2D eigenvalue weighted by Gasteiger charge is 2.35. The Kier molecular flexibility index (Phi) is 5.09. The molecule has 0 saturated heterocycles. The number of aromatic nitrogens is 1. The number of carboxylic acids is 1. The average molecular weight is 320 g/mol. The van der Waals surface area contributed by atoms with Crippen LogP contribution < -0.4 is 4.74 Å². The maximum atomic E-state index is 12.8. The summed E-state index contributed by atoms with van der Waals surface area (Å²) in [6, 6.07) is 0.909. The molecule has 0 radical (unpaired) electrons. The average Bonchev–Trinajstić information content (AvgIpc) is 2.24. The number of alkyl halides is 6. The first-order valence-electron chi connectivity index (χ1n) is 4.98. The predicted molar refractivity (Wildman–Crippen MR) is 56.8 cm³/mol. The van der Waals surface area contributed by atoms with E-state index in [4.69, 9.17) is 16.7 Å². The van der Waals surface area contributed by atoms with Crippen molar-refractivity contribution in [2.45, 2.75) is 25.1 Å². The van der Waals surface area contributed by atoms with Crippen LogP contribution in [0.3, 0.4) is 0 Å². The molecule has 0 unspecified atom stereocenters. The first-order valence-corrected chi connectivity index (χ1v) is 5.52. The van der Waals surface area contributed by atoms with Crippen molar-refractivity contribution in [3.8, 4) is 5.88 Å². The highest BCUT2D eigenvalue weighted by Crippen LogP contribution is 2.35. The molecule has 0 saturated carbocycles. The van der Waals surface area contributed by atoms with Gasteiger partial charge in [0.1, 0.15) is 0 Å². The van der Waals surface area contributed by atoms with Gasteiger partial charge in [-0.15, -0.1) is 24.8 Å². The number of hydrogen-bond acceptors (Lipinski definition) is 3. The van der Waals surface area contributed by atoms with E-state index >= 15 is 0 Å². The summed E-state index contributed by atoms with van der Waals surface area (Å²) in [7, 11) is 0. The summed E-state index contributed by atoms with van der Waals surface area (Å²) in [5.41, 5.74) is -1.94. The number of ether oxygens (including phenoxy) is 1. The maximum Gasteiger partial charge on any atom is 0.574 e. The van der Waals surface area contributed by atoms with Crippen molar-refractivity contribution in [1.82, 2.24) is 4.98 Å². The predicted octanol–water partition coefficient (Wildman–Crippen LogP) is 3.28. The van der Waals surface area contributed by atoms with Crippen LogP contribution in [-0.4, -0.2) is 22.4 Å². The molecule has 1 rings (SSSR count). The number of carbonyl (C=O) groups is 1. The van der Waals surface area contributed by atoms with Crippen molar-refractivity contribution in [3.63, 3.8) is 0 Å². The number of pyridine rings is 1.